The summed E-state index contributed by atoms with van der Waals surface area (Å²) >= 11 is 8.88. The summed E-state index contributed by atoms with van der Waals surface area (Å²) in [6.07, 6.45) is 0. The minimum atomic E-state index is 0.316. The highest BCUT2D eigenvalue weighted by molar-refractivity contribution is 9.10. The third-order valence-corrected chi connectivity index (χ3v) is 5.48. The molecule has 0 saturated carbocycles. The molecule has 0 fully saturated rings. The van der Waals surface area contributed by atoms with E-state index in [9.17, 15) is 0 Å². The fourth-order valence-corrected chi connectivity index (χ4v) is 4.02. The van der Waals surface area contributed by atoms with Crippen LogP contribution in [0.2, 0.25) is 0 Å². The van der Waals surface area contributed by atoms with E-state index < -0.39 is 0 Å². The Balaban J connectivity index is 2.08. The lowest BCUT2D eigenvalue weighted by atomic mass is 10.1. The zero-order chi connectivity index (χ0) is 13.1. The van der Waals surface area contributed by atoms with Gasteiger partial charge >= 0.3 is 0 Å². The van der Waals surface area contributed by atoms with Gasteiger partial charge in [0.05, 0.1) is 0 Å². The summed E-state index contributed by atoms with van der Waals surface area (Å²) in [5, 5.41) is 5.75. The van der Waals surface area contributed by atoms with Crippen molar-refractivity contribution in [2.75, 3.05) is 0 Å². The maximum absolute atomic E-state index is 3.63. The van der Waals surface area contributed by atoms with Gasteiger partial charge in [-0.3, -0.25) is 0 Å². The first-order valence-corrected chi connectivity index (χ1v) is 8.29. The average Bonchev–Trinajstić information content (AvgIpc) is 2.76. The van der Waals surface area contributed by atoms with Crippen molar-refractivity contribution in [1.29, 1.82) is 0 Å². The van der Waals surface area contributed by atoms with Crippen molar-refractivity contribution in [1.82, 2.24) is 5.32 Å². The second kappa shape index (κ2) is 6.33. The lowest BCUT2D eigenvalue weighted by Crippen LogP contribution is -2.22. The summed E-state index contributed by atoms with van der Waals surface area (Å²) in [6, 6.07) is 11.2. The minimum absolute atomic E-state index is 0.316. The number of thiophene rings is 1. The van der Waals surface area contributed by atoms with Crippen LogP contribution in [-0.2, 0) is 0 Å². The van der Waals surface area contributed by atoms with Gasteiger partial charge in [0.2, 0.25) is 0 Å². The van der Waals surface area contributed by atoms with Crippen LogP contribution in [0.1, 0.15) is 36.4 Å². The second-order valence-corrected chi connectivity index (χ2v) is 7.01. The Labute approximate surface area is 129 Å². The second-order valence-electron chi connectivity index (χ2n) is 4.30. The van der Waals surface area contributed by atoms with Gasteiger partial charge in [0, 0.05) is 31.3 Å². The monoisotopic (exact) mass is 387 g/mol. The van der Waals surface area contributed by atoms with Gasteiger partial charge < -0.3 is 5.32 Å². The van der Waals surface area contributed by atoms with E-state index in [0.717, 1.165) is 8.95 Å². The standard InChI is InChI=1S/C14H15Br2NS/c1-9(12-5-3-4-6-13(12)16)17-10(2)14-7-11(15)8-18-14/h3-10,17H,1-2H3/t9-,10?/m0/s1. The number of halogens is 2. The number of rotatable bonds is 4. The molecule has 0 radical (unpaired) electrons. The van der Waals surface area contributed by atoms with E-state index in [1.165, 1.54) is 10.4 Å². The molecule has 2 atom stereocenters. The van der Waals surface area contributed by atoms with Crippen LogP contribution < -0.4 is 5.32 Å². The Kier molecular flexibility index (Phi) is 5.01. The molecule has 0 amide bonds. The highest BCUT2D eigenvalue weighted by Crippen LogP contribution is 2.29. The molecular weight excluding hydrogens is 374 g/mol. The zero-order valence-electron chi connectivity index (χ0n) is 10.3. The lowest BCUT2D eigenvalue weighted by Gasteiger charge is -2.20. The molecule has 0 aliphatic rings. The Morgan fingerprint density at radius 3 is 2.44 bits per heavy atom. The molecule has 0 aliphatic carbocycles. The summed E-state index contributed by atoms with van der Waals surface area (Å²) in [5.74, 6) is 0. The summed E-state index contributed by atoms with van der Waals surface area (Å²) in [5.41, 5.74) is 1.29. The fourth-order valence-electron chi connectivity index (χ4n) is 1.93. The van der Waals surface area contributed by atoms with Gasteiger partial charge in [0.1, 0.15) is 0 Å². The zero-order valence-corrected chi connectivity index (χ0v) is 14.3. The van der Waals surface area contributed by atoms with Gasteiger partial charge in [0.25, 0.3) is 0 Å². The average molecular weight is 389 g/mol. The molecule has 1 aromatic heterocycles. The van der Waals surface area contributed by atoms with Gasteiger partial charge in [-0.15, -0.1) is 11.3 Å². The summed E-state index contributed by atoms with van der Waals surface area (Å²) in [6.45, 7) is 4.39. The Morgan fingerprint density at radius 2 is 1.83 bits per heavy atom. The largest absolute Gasteiger partial charge is 0.303 e. The first-order chi connectivity index (χ1) is 8.58. The van der Waals surface area contributed by atoms with Crippen LogP contribution in [0.5, 0.6) is 0 Å². The van der Waals surface area contributed by atoms with E-state index in [4.69, 9.17) is 0 Å². The third kappa shape index (κ3) is 3.44. The molecule has 2 rings (SSSR count). The molecule has 1 heterocycles. The van der Waals surface area contributed by atoms with Crippen LogP contribution >= 0.6 is 43.2 Å². The molecular formula is C14H15Br2NS. The van der Waals surface area contributed by atoms with Crippen molar-refractivity contribution in [2.24, 2.45) is 0 Å². The van der Waals surface area contributed by atoms with Crippen molar-refractivity contribution >= 4 is 43.2 Å². The predicted molar refractivity (Wildman–Crippen MR) is 86.1 cm³/mol. The molecule has 0 spiro atoms. The number of nitrogens with one attached hydrogen (secondary N) is 1. The maximum atomic E-state index is 3.63. The van der Waals surface area contributed by atoms with Crippen LogP contribution in [0, 0.1) is 0 Å². The minimum Gasteiger partial charge on any atom is -0.303 e. The third-order valence-electron chi connectivity index (χ3n) is 2.89. The van der Waals surface area contributed by atoms with Crippen LogP contribution in [-0.4, -0.2) is 0 Å². The molecule has 0 aliphatic heterocycles. The maximum Gasteiger partial charge on any atom is 0.0391 e. The molecule has 1 N–H and O–H groups in total. The molecule has 4 heteroatoms. The first-order valence-electron chi connectivity index (χ1n) is 5.82. The Bertz CT molecular complexity index is 524. The van der Waals surface area contributed by atoms with E-state index in [-0.39, 0.29) is 0 Å². The number of hydrogen-bond donors (Lipinski definition) is 1. The van der Waals surface area contributed by atoms with Gasteiger partial charge in [0.15, 0.2) is 0 Å². The van der Waals surface area contributed by atoms with Crippen LogP contribution in [0.15, 0.2) is 44.7 Å². The highest BCUT2D eigenvalue weighted by Gasteiger charge is 2.14. The molecule has 1 aromatic carbocycles. The van der Waals surface area contributed by atoms with E-state index in [1.54, 1.807) is 11.3 Å². The quantitative estimate of drug-likeness (QED) is 0.709. The van der Waals surface area contributed by atoms with Crippen molar-refractivity contribution in [2.45, 2.75) is 25.9 Å². The van der Waals surface area contributed by atoms with Gasteiger partial charge in [-0.25, -0.2) is 0 Å². The molecule has 0 bridgehead atoms. The van der Waals surface area contributed by atoms with Crippen molar-refractivity contribution in [3.05, 3.63) is 55.1 Å². The summed E-state index contributed by atoms with van der Waals surface area (Å²) < 4.78 is 2.31. The SMILES string of the molecule is CC(N[C@@H](C)c1ccccc1Br)c1cc(Br)cs1. The smallest absolute Gasteiger partial charge is 0.0391 e. The first kappa shape index (κ1) is 14.3. The van der Waals surface area contributed by atoms with Crippen LogP contribution in [0.25, 0.3) is 0 Å². The molecule has 0 saturated heterocycles. The molecule has 1 unspecified atom stereocenters. The van der Waals surface area contributed by atoms with E-state index >= 15 is 0 Å². The molecule has 2 aromatic rings. The molecule has 18 heavy (non-hydrogen) atoms. The van der Waals surface area contributed by atoms with E-state index in [0.29, 0.717) is 12.1 Å². The van der Waals surface area contributed by atoms with Crippen LogP contribution in [0.4, 0.5) is 0 Å². The van der Waals surface area contributed by atoms with E-state index in [2.05, 4.69) is 80.7 Å². The van der Waals surface area contributed by atoms with Gasteiger partial charge in [-0.05, 0) is 47.5 Å². The van der Waals surface area contributed by atoms with E-state index in [1.807, 2.05) is 6.07 Å². The highest BCUT2D eigenvalue weighted by atomic mass is 79.9. The van der Waals surface area contributed by atoms with Crippen LogP contribution in [0.3, 0.4) is 0 Å². The molecule has 96 valence electrons. The van der Waals surface area contributed by atoms with Gasteiger partial charge in [-0.2, -0.15) is 0 Å². The van der Waals surface area contributed by atoms with Crippen molar-refractivity contribution < 1.29 is 0 Å². The van der Waals surface area contributed by atoms with Crippen molar-refractivity contribution in [3.8, 4) is 0 Å². The number of benzene rings is 1. The fraction of sp³-hybridized carbons (Fsp3) is 0.286. The van der Waals surface area contributed by atoms with Gasteiger partial charge in [-0.1, -0.05) is 34.1 Å². The normalized spacial score (nSPS) is 14.4. The summed E-state index contributed by atoms with van der Waals surface area (Å²) in [7, 11) is 0. The predicted octanol–water partition coefficient (Wildman–Crippen LogP) is 5.68. The lowest BCUT2D eigenvalue weighted by molar-refractivity contribution is 0.499. The Hall–Kier alpha value is -0.160. The summed E-state index contributed by atoms with van der Waals surface area (Å²) in [4.78, 5) is 1.35. The number of hydrogen-bond acceptors (Lipinski definition) is 2. The molecule has 1 nitrogen and oxygen atoms in total. The van der Waals surface area contributed by atoms with Crippen molar-refractivity contribution in [3.63, 3.8) is 0 Å². The topological polar surface area (TPSA) is 12.0 Å². The Morgan fingerprint density at radius 1 is 1.11 bits per heavy atom.